The predicted molar refractivity (Wildman–Crippen MR) is 231 cm³/mol. The first-order chi connectivity index (χ1) is 28.8. The number of carbonyl (C=O) groups excluding carboxylic acids is 2. The lowest BCUT2D eigenvalue weighted by Crippen LogP contribution is -2.62. The summed E-state index contributed by atoms with van der Waals surface area (Å²) in [6.07, 6.45) is 5.86. The van der Waals surface area contributed by atoms with Crippen LogP contribution < -0.4 is 5.32 Å². The second-order valence-electron chi connectivity index (χ2n) is 19.6. The summed E-state index contributed by atoms with van der Waals surface area (Å²) in [6.45, 7) is 19.9. The molecule has 0 aromatic carbocycles. The lowest BCUT2D eigenvalue weighted by Gasteiger charge is -2.52. The maximum atomic E-state index is 14.6. The SMILES string of the molecule is CC[C@@H](C(=O)[C@@H](C)[C@@H](O)[C@H](C)[C@@H]1O[C@@H]([C@@H](CC)C(=O)O)CC[C@@H]1C)[C@H]1O[C@]2(C=C[C@@H](NC(=O)OCCCCl)C(C3CC[C@@](C)([C@H]4CC[C@](O)(CC)[C@H](C)O4)O3)O2)[C@H](C)C[C@@H]1C. The molecule has 0 aromatic heterocycles. The standard InChI is InChI=1S/C47H78ClNO12/c1-11-32(43(52)53)35-16-15-26(4)40(58-35)30(8)38(50)29(7)39(51)33(12-2)41-27(5)25-28(6)47(60-41)22-17-34(49-44(54)56-24-14-23-48)42(61-47)36-18-20-45(10,59-36)37-19-21-46(55,13-3)31(9)57-37/h17,22,26-38,40-42,50,55H,11-16,18-21,23-25H2,1-10H3,(H,49,54)(H,52,53)/t26-,27-,28+,29-,30-,31-,32+,33-,34+,35+,36?,37+,38+,40+,41-,42?,45-,46+,47-/m0/s1. The maximum absolute atomic E-state index is 14.6. The molecule has 2 unspecified atom stereocenters. The molecule has 1 amide bonds. The number of halogens is 1. The lowest BCUT2D eigenvalue weighted by molar-refractivity contribution is -0.327. The number of aliphatic carboxylic acids is 1. The summed E-state index contributed by atoms with van der Waals surface area (Å²) in [5, 5.41) is 35.8. The van der Waals surface area contributed by atoms with Crippen molar-refractivity contribution in [2.75, 3.05) is 12.5 Å². The highest BCUT2D eigenvalue weighted by Gasteiger charge is 2.57. The second-order valence-corrected chi connectivity index (χ2v) is 20.0. The van der Waals surface area contributed by atoms with Crippen LogP contribution in [0.15, 0.2) is 12.2 Å². The molecule has 19 atom stereocenters. The van der Waals surface area contributed by atoms with Crippen LogP contribution in [0.25, 0.3) is 0 Å². The van der Waals surface area contributed by atoms with E-state index >= 15 is 0 Å². The smallest absolute Gasteiger partial charge is 0.407 e. The summed E-state index contributed by atoms with van der Waals surface area (Å²) < 4.78 is 39.5. The van der Waals surface area contributed by atoms with Crippen LogP contribution in [-0.2, 0) is 38.0 Å². The molecule has 1 spiro atoms. The highest BCUT2D eigenvalue weighted by Crippen LogP contribution is 2.49. The number of alkyl carbamates (subject to hydrolysis) is 1. The second kappa shape index (κ2) is 21.0. The number of hydrogen-bond acceptors (Lipinski definition) is 11. The van der Waals surface area contributed by atoms with Crippen LogP contribution in [0.4, 0.5) is 4.79 Å². The molecule has 5 rings (SSSR count). The molecule has 0 aromatic rings. The van der Waals surface area contributed by atoms with Crippen LogP contribution in [0.5, 0.6) is 0 Å². The van der Waals surface area contributed by atoms with Crippen LogP contribution in [0, 0.1) is 41.4 Å². The van der Waals surface area contributed by atoms with Gasteiger partial charge in [-0.15, -0.1) is 11.6 Å². The van der Waals surface area contributed by atoms with E-state index in [4.69, 9.17) is 40.0 Å². The van der Waals surface area contributed by atoms with Crippen molar-refractivity contribution >= 4 is 29.4 Å². The van der Waals surface area contributed by atoms with Crippen molar-refractivity contribution in [1.29, 1.82) is 0 Å². The Hall–Kier alpha value is -1.84. The Morgan fingerprint density at radius 1 is 0.918 bits per heavy atom. The van der Waals surface area contributed by atoms with E-state index < -0.39 is 95.4 Å². The van der Waals surface area contributed by atoms with Gasteiger partial charge in [0.1, 0.15) is 11.9 Å². The number of Topliss-reactive ketones (excluding diaryl/α,β-unsaturated/α-hetero) is 1. The fraction of sp³-hybridized carbons (Fsp3) is 0.894. The zero-order valence-corrected chi connectivity index (χ0v) is 39.2. The highest BCUT2D eigenvalue weighted by atomic mass is 35.5. The van der Waals surface area contributed by atoms with Gasteiger partial charge in [0.2, 0.25) is 0 Å². The van der Waals surface area contributed by atoms with E-state index in [1.165, 1.54) is 0 Å². The van der Waals surface area contributed by atoms with Crippen LogP contribution in [0.1, 0.15) is 140 Å². The van der Waals surface area contributed by atoms with E-state index in [2.05, 4.69) is 33.0 Å². The van der Waals surface area contributed by atoms with Gasteiger partial charge in [0.05, 0.1) is 72.5 Å². The van der Waals surface area contributed by atoms with Gasteiger partial charge < -0.3 is 49.1 Å². The first kappa shape index (κ1) is 50.2. The van der Waals surface area contributed by atoms with Crippen LogP contribution in [0.2, 0.25) is 0 Å². The molecule has 4 saturated heterocycles. The monoisotopic (exact) mass is 884 g/mol. The number of ether oxygens (including phenoxy) is 6. The molecule has 5 heterocycles. The van der Waals surface area contributed by atoms with Crippen molar-refractivity contribution in [3.05, 3.63) is 12.2 Å². The number of hydrogen-bond donors (Lipinski definition) is 4. The first-order valence-corrected chi connectivity index (χ1v) is 24.0. The maximum Gasteiger partial charge on any atom is 0.407 e. The first-order valence-electron chi connectivity index (χ1n) is 23.5. The third-order valence-electron chi connectivity index (χ3n) is 15.5. The van der Waals surface area contributed by atoms with Gasteiger partial charge in [-0.2, -0.15) is 0 Å². The van der Waals surface area contributed by atoms with E-state index in [1.54, 1.807) is 6.92 Å². The average Bonchev–Trinajstić information content (AvgIpc) is 3.64. The van der Waals surface area contributed by atoms with Crippen molar-refractivity contribution in [2.24, 2.45) is 41.4 Å². The normalized spacial score (nSPS) is 41.7. The number of alkyl halides is 1. The molecule has 0 saturated carbocycles. The highest BCUT2D eigenvalue weighted by molar-refractivity contribution is 6.17. The van der Waals surface area contributed by atoms with E-state index in [0.29, 0.717) is 70.1 Å². The Morgan fingerprint density at radius 2 is 1.62 bits per heavy atom. The third kappa shape index (κ3) is 10.8. The van der Waals surface area contributed by atoms with Gasteiger partial charge in [0.25, 0.3) is 0 Å². The van der Waals surface area contributed by atoms with E-state index in [-0.39, 0.29) is 42.4 Å². The summed E-state index contributed by atoms with van der Waals surface area (Å²) in [6, 6.07) is -0.612. The van der Waals surface area contributed by atoms with Crippen molar-refractivity contribution in [1.82, 2.24) is 5.32 Å². The molecule has 14 heteroatoms. The van der Waals surface area contributed by atoms with Gasteiger partial charge in [0, 0.05) is 29.6 Å². The fourth-order valence-corrected chi connectivity index (χ4v) is 11.3. The largest absolute Gasteiger partial charge is 0.481 e. The number of carboxylic acids is 1. The molecular formula is C47H78ClNO12. The molecule has 5 aliphatic rings. The Morgan fingerprint density at radius 3 is 2.25 bits per heavy atom. The summed E-state index contributed by atoms with van der Waals surface area (Å²) >= 11 is 5.84. The van der Waals surface area contributed by atoms with Gasteiger partial charge in [-0.25, -0.2) is 4.79 Å². The zero-order valence-electron chi connectivity index (χ0n) is 38.5. The number of rotatable bonds is 17. The number of nitrogens with one attached hydrogen (secondary N) is 1. The fourth-order valence-electron chi connectivity index (χ4n) is 11.2. The third-order valence-corrected chi connectivity index (χ3v) is 15.8. The van der Waals surface area contributed by atoms with Gasteiger partial charge in [0.15, 0.2) is 5.79 Å². The van der Waals surface area contributed by atoms with E-state index in [9.17, 15) is 29.7 Å². The number of carboxylic acid groups (broad SMARTS) is 1. The predicted octanol–water partition coefficient (Wildman–Crippen LogP) is 7.59. The molecule has 13 nitrogen and oxygen atoms in total. The van der Waals surface area contributed by atoms with Crippen LogP contribution in [-0.4, -0.2) is 118 Å². The molecular weight excluding hydrogens is 806 g/mol. The van der Waals surface area contributed by atoms with Crippen LogP contribution in [0.3, 0.4) is 0 Å². The quantitative estimate of drug-likeness (QED) is 0.0640. The number of ketones is 1. The number of aliphatic hydroxyl groups is 2. The lowest BCUT2D eigenvalue weighted by atomic mass is 9.72. The van der Waals surface area contributed by atoms with Gasteiger partial charge in [-0.3, -0.25) is 9.59 Å². The zero-order chi connectivity index (χ0) is 45.0. The molecule has 61 heavy (non-hydrogen) atoms. The van der Waals surface area contributed by atoms with Crippen molar-refractivity contribution in [2.45, 2.75) is 212 Å². The van der Waals surface area contributed by atoms with Crippen molar-refractivity contribution in [3.8, 4) is 0 Å². The molecule has 0 bridgehead atoms. The molecule has 4 N–H and O–H groups in total. The Balaban J connectivity index is 1.35. The van der Waals surface area contributed by atoms with Crippen molar-refractivity contribution < 1.29 is 58.1 Å². The average molecular weight is 885 g/mol. The molecule has 5 aliphatic heterocycles. The summed E-state index contributed by atoms with van der Waals surface area (Å²) in [4.78, 5) is 39.7. The Bertz CT molecular complexity index is 1520. The molecule has 350 valence electrons. The van der Waals surface area contributed by atoms with E-state index in [0.717, 1.165) is 6.42 Å². The van der Waals surface area contributed by atoms with Gasteiger partial charge in [-0.1, -0.05) is 61.5 Å². The minimum absolute atomic E-state index is 0.0119. The van der Waals surface area contributed by atoms with Crippen LogP contribution >= 0.6 is 11.6 Å². The topological polar surface area (TPSA) is 179 Å². The summed E-state index contributed by atoms with van der Waals surface area (Å²) in [7, 11) is 0. The molecule has 4 fully saturated rings. The summed E-state index contributed by atoms with van der Waals surface area (Å²) in [5.41, 5.74) is -1.54. The minimum Gasteiger partial charge on any atom is -0.481 e. The summed E-state index contributed by atoms with van der Waals surface area (Å²) in [5.74, 6) is -4.20. The molecule has 0 radical (unpaired) electrons. The number of amides is 1. The van der Waals surface area contributed by atoms with E-state index in [1.807, 2.05) is 46.8 Å². The minimum atomic E-state index is -1.23. The molecule has 0 aliphatic carbocycles. The number of aliphatic hydroxyl groups excluding tert-OH is 1. The Kier molecular flexibility index (Phi) is 17.3. The number of carbonyl (C=O) groups is 3. The van der Waals surface area contributed by atoms with Gasteiger partial charge >= 0.3 is 12.1 Å². The van der Waals surface area contributed by atoms with Gasteiger partial charge in [-0.05, 0) is 102 Å². The van der Waals surface area contributed by atoms with Crippen molar-refractivity contribution in [3.63, 3.8) is 0 Å². The Labute approximate surface area is 369 Å².